The van der Waals surface area contributed by atoms with Crippen molar-refractivity contribution in [2.24, 2.45) is 0 Å². The van der Waals surface area contributed by atoms with Crippen molar-refractivity contribution in [2.75, 3.05) is 0 Å². The molecule has 0 aliphatic carbocycles. The number of pyridine rings is 1. The van der Waals surface area contributed by atoms with E-state index in [4.69, 9.17) is 0 Å². The van der Waals surface area contributed by atoms with Crippen LogP contribution in [0.2, 0.25) is 0 Å². The summed E-state index contributed by atoms with van der Waals surface area (Å²) in [5.74, 6) is -3.03. The Bertz CT molecular complexity index is 310. The van der Waals surface area contributed by atoms with Crippen LogP contribution >= 0.6 is 0 Å². The Hall–Kier alpha value is -1.29. The van der Waals surface area contributed by atoms with Gasteiger partial charge in [0.15, 0.2) is 0 Å². The maximum absolute atomic E-state index is 10.2. The first-order chi connectivity index (χ1) is 5.61. The van der Waals surface area contributed by atoms with Gasteiger partial charge < -0.3 is 19.8 Å². The maximum atomic E-state index is 10.2. The second-order valence-corrected chi connectivity index (χ2v) is 1.98. The molecule has 1 heterocycles. The molecule has 0 N–H and O–H groups in total. The van der Waals surface area contributed by atoms with Crippen molar-refractivity contribution in [3.8, 4) is 0 Å². The Balaban J connectivity index is 0.00000144. The quantitative estimate of drug-likeness (QED) is 0.538. The van der Waals surface area contributed by atoms with Gasteiger partial charge in [-0.05, 0) is 12.1 Å². The predicted molar refractivity (Wildman–Crippen MR) is 32.9 cm³/mol. The van der Waals surface area contributed by atoms with E-state index in [1.807, 2.05) is 0 Å². The summed E-state index contributed by atoms with van der Waals surface area (Å²) < 4.78 is 0. The zero-order valence-electron chi connectivity index (χ0n) is 6.52. The third kappa shape index (κ3) is 2.91. The molecule has 1 aromatic rings. The van der Waals surface area contributed by atoms with Crippen molar-refractivity contribution in [1.82, 2.24) is 4.98 Å². The Morgan fingerprint density at radius 3 is 1.77 bits per heavy atom. The summed E-state index contributed by atoms with van der Waals surface area (Å²) in [6.45, 7) is 0. The van der Waals surface area contributed by atoms with Gasteiger partial charge in [-0.3, -0.25) is 0 Å². The van der Waals surface area contributed by atoms with E-state index in [1.54, 1.807) is 0 Å². The number of nitrogens with zero attached hydrogens (tertiary/aromatic N) is 1. The third-order valence-electron chi connectivity index (χ3n) is 1.17. The number of hydrogen-bond donors (Lipinski definition) is 0. The molecule has 1 rings (SSSR count). The molecule has 0 aromatic carbocycles. The summed E-state index contributed by atoms with van der Waals surface area (Å²) in [6.07, 6.45) is 0. The van der Waals surface area contributed by atoms with Crippen molar-refractivity contribution in [3.05, 3.63) is 29.6 Å². The number of carbonyl (C=O) groups is 2. The van der Waals surface area contributed by atoms with Crippen molar-refractivity contribution in [1.29, 1.82) is 0 Å². The molecule has 5 nitrogen and oxygen atoms in total. The first-order valence-corrected chi connectivity index (χ1v) is 3.01. The van der Waals surface area contributed by atoms with E-state index in [9.17, 15) is 19.8 Å². The molecule has 0 aliphatic heterocycles. The van der Waals surface area contributed by atoms with Crippen LogP contribution in [0.15, 0.2) is 18.2 Å². The van der Waals surface area contributed by atoms with Gasteiger partial charge in [0.1, 0.15) is 0 Å². The molecular formula is C7H3NO4Zn. The smallest absolute Gasteiger partial charge is 0.543 e. The Kier molecular flexibility index (Phi) is 4.21. The predicted octanol–water partition coefficient (Wildman–Crippen LogP) is -2.19. The van der Waals surface area contributed by atoms with Gasteiger partial charge in [-0.1, -0.05) is 6.07 Å². The van der Waals surface area contributed by atoms with Crippen LogP contribution in [0.1, 0.15) is 21.0 Å². The Morgan fingerprint density at radius 2 is 1.46 bits per heavy atom. The average Bonchev–Trinajstić information content (AvgIpc) is 2.04. The standard InChI is InChI=1S/C7H5NO4.Zn/c9-6(10)4-2-1-3-5(8-4)7(11)12;/h1-3H,(H,9,10)(H,11,12);/q;+2/p-2. The molecule has 0 saturated carbocycles. The van der Waals surface area contributed by atoms with Gasteiger partial charge >= 0.3 is 19.5 Å². The SMILES string of the molecule is O=C([O-])c1cccc(C(=O)[O-])n1.[Zn+2]. The molecule has 0 fully saturated rings. The number of rotatable bonds is 2. The monoisotopic (exact) mass is 229 g/mol. The van der Waals surface area contributed by atoms with Crippen molar-refractivity contribution >= 4 is 11.9 Å². The van der Waals surface area contributed by atoms with Crippen LogP contribution in [0.3, 0.4) is 0 Å². The second-order valence-electron chi connectivity index (χ2n) is 1.98. The minimum Gasteiger partial charge on any atom is -0.543 e. The van der Waals surface area contributed by atoms with Gasteiger partial charge in [-0.25, -0.2) is 4.98 Å². The summed E-state index contributed by atoms with van der Waals surface area (Å²) in [4.78, 5) is 23.6. The molecule has 0 amide bonds. The molecule has 0 unspecified atom stereocenters. The molecule has 13 heavy (non-hydrogen) atoms. The molecule has 1 aromatic heterocycles. The van der Waals surface area contributed by atoms with E-state index in [-0.39, 0.29) is 19.5 Å². The number of hydrogen-bond acceptors (Lipinski definition) is 5. The topological polar surface area (TPSA) is 93.1 Å². The van der Waals surface area contributed by atoms with Crippen molar-refractivity contribution in [2.45, 2.75) is 0 Å². The van der Waals surface area contributed by atoms with Gasteiger partial charge in [0.05, 0.1) is 23.3 Å². The van der Waals surface area contributed by atoms with E-state index < -0.39 is 23.3 Å². The summed E-state index contributed by atoms with van der Waals surface area (Å²) >= 11 is 0. The van der Waals surface area contributed by atoms with Crippen LogP contribution in [-0.4, -0.2) is 16.9 Å². The minimum atomic E-state index is -1.52. The van der Waals surface area contributed by atoms with Crippen LogP contribution in [-0.2, 0) is 19.5 Å². The van der Waals surface area contributed by atoms with Gasteiger partial charge in [-0.2, -0.15) is 0 Å². The summed E-state index contributed by atoms with van der Waals surface area (Å²) in [7, 11) is 0. The van der Waals surface area contributed by atoms with Crippen LogP contribution in [0.5, 0.6) is 0 Å². The number of aromatic nitrogens is 1. The fourth-order valence-electron chi connectivity index (χ4n) is 0.662. The molecule has 62 valence electrons. The Morgan fingerprint density at radius 1 is 1.08 bits per heavy atom. The average molecular weight is 230 g/mol. The van der Waals surface area contributed by atoms with Gasteiger partial charge in [0.25, 0.3) is 0 Å². The van der Waals surface area contributed by atoms with E-state index in [1.165, 1.54) is 6.07 Å². The first kappa shape index (κ1) is 11.7. The first-order valence-electron chi connectivity index (χ1n) is 3.01. The molecule has 0 saturated heterocycles. The fourth-order valence-corrected chi connectivity index (χ4v) is 0.662. The number of aromatic carboxylic acids is 2. The second kappa shape index (κ2) is 4.67. The molecule has 0 atom stereocenters. The van der Waals surface area contributed by atoms with Crippen molar-refractivity contribution < 1.29 is 39.3 Å². The fraction of sp³-hybridized carbons (Fsp3) is 0. The Labute approximate surface area is 86.2 Å². The van der Waals surface area contributed by atoms with Crippen LogP contribution in [0.25, 0.3) is 0 Å². The van der Waals surface area contributed by atoms with Crippen molar-refractivity contribution in [3.63, 3.8) is 0 Å². The number of carbonyl (C=O) groups excluding carboxylic acids is 2. The van der Waals surface area contributed by atoms with E-state index in [0.717, 1.165) is 12.1 Å². The maximum Gasteiger partial charge on any atom is 2.00 e. The van der Waals surface area contributed by atoms with Crippen LogP contribution in [0.4, 0.5) is 0 Å². The minimum absolute atomic E-state index is 0. The molecule has 0 aliphatic rings. The molecule has 6 heteroatoms. The molecule has 0 spiro atoms. The number of carboxylic acid groups (broad SMARTS) is 2. The van der Waals surface area contributed by atoms with Gasteiger partial charge in [0.2, 0.25) is 0 Å². The zero-order chi connectivity index (χ0) is 9.14. The largest absolute Gasteiger partial charge is 2.00 e. The summed E-state index contributed by atoms with van der Waals surface area (Å²) in [5.41, 5.74) is -0.839. The number of carboxylic acids is 2. The van der Waals surface area contributed by atoms with E-state index >= 15 is 0 Å². The normalized spacial score (nSPS) is 8.62. The van der Waals surface area contributed by atoms with Gasteiger partial charge in [-0.15, -0.1) is 0 Å². The summed E-state index contributed by atoms with van der Waals surface area (Å²) in [6, 6.07) is 3.53. The molecule has 0 bridgehead atoms. The van der Waals surface area contributed by atoms with Crippen LogP contribution < -0.4 is 10.2 Å². The van der Waals surface area contributed by atoms with E-state index in [2.05, 4.69) is 4.98 Å². The van der Waals surface area contributed by atoms with Gasteiger partial charge in [0, 0.05) is 0 Å². The van der Waals surface area contributed by atoms with E-state index in [0.29, 0.717) is 0 Å². The third-order valence-corrected chi connectivity index (χ3v) is 1.17. The zero-order valence-corrected chi connectivity index (χ0v) is 9.49. The van der Waals surface area contributed by atoms with Crippen LogP contribution in [0, 0.1) is 0 Å². The molecular weight excluding hydrogens is 227 g/mol. The molecule has 0 radical (unpaired) electrons. The summed E-state index contributed by atoms with van der Waals surface area (Å²) in [5, 5.41) is 20.4.